The molecule has 164 valence electrons. The van der Waals surface area contributed by atoms with Crippen LogP contribution in [0.4, 0.5) is 10.5 Å². The zero-order valence-electron chi connectivity index (χ0n) is 17.2. The minimum atomic E-state index is -0.330. The molecule has 0 spiro atoms. The number of methoxy groups -OCH3 is 1. The molecule has 3 amide bonds. The average molecular weight is 473 g/mol. The van der Waals surface area contributed by atoms with Crippen molar-refractivity contribution in [3.05, 3.63) is 44.3 Å². The summed E-state index contributed by atoms with van der Waals surface area (Å²) in [6.07, 6.45) is 0.905. The van der Waals surface area contributed by atoms with Crippen molar-refractivity contribution in [3.8, 4) is 0 Å². The number of nitrogens with one attached hydrogen (secondary N) is 2. The van der Waals surface area contributed by atoms with Crippen LogP contribution in [0.5, 0.6) is 0 Å². The van der Waals surface area contributed by atoms with Gasteiger partial charge in [-0.25, -0.2) is 9.78 Å². The van der Waals surface area contributed by atoms with Crippen LogP contribution in [-0.2, 0) is 11.3 Å². The van der Waals surface area contributed by atoms with E-state index in [-0.39, 0.29) is 18.5 Å². The quantitative estimate of drug-likeness (QED) is 0.514. The van der Waals surface area contributed by atoms with Crippen molar-refractivity contribution in [1.82, 2.24) is 15.2 Å². The normalized spacial score (nSPS) is 10.9. The van der Waals surface area contributed by atoms with Gasteiger partial charge >= 0.3 is 6.03 Å². The topological polar surface area (TPSA) is 83.6 Å². The summed E-state index contributed by atoms with van der Waals surface area (Å²) in [4.78, 5) is 30.9. The first-order chi connectivity index (χ1) is 14.3. The summed E-state index contributed by atoms with van der Waals surface area (Å²) >= 11 is 13.3. The number of anilines is 1. The van der Waals surface area contributed by atoms with Gasteiger partial charge in [-0.3, -0.25) is 4.79 Å². The van der Waals surface area contributed by atoms with E-state index >= 15 is 0 Å². The molecule has 0 aliphatic rings. The number of hydrogen-bond acceptors (Lipinski definition) is 5. The molecule has 1 aromatic carbocycles. The zero-order chi connectivity index (χ0) is 22.1. The number of carbonyl (C=O) groups is 2. The number of hydrogen-bond donors (Lipinski definition) is 2. The van der Waals surface area contributed by atoms with Crippen LogP contribution in [0.1, 0.15) is 35.8 Å². The number of aromatic nitrogens is 1. The van der Waals surface area contributed by atoms with Crippen LogP contribution >= 0.6 is 34.5 Å². The number of rotatable bonds is 10. The van der Waals surface area contributed by atoms with Gasteiger partial charge < -0.3 is 20.3 Å². The fourth-order valence-electron chi connectivity index (χ4n) is 2.45. The fraction of sp³-hybridized carbons (Fsp3) is 0.450. The van der Waals surface area contributed by atoms with Crippen LogP contribution in [0.25, 0.3) is 0 Å². The van der Waals surface area contributed by atoms with E-state index in [2.05, 4.69) is 29.5 Å². The molecular formula is C20H26Cl2N4O3S. The summed E-state index contributed by atoms with van der Waals surface area (Å²) in [5, 5.41) is 8.78. The minimum Gasteiger partial charge on any atom is -0.383 e. The Morgan fingerprint density at radius 2 is 2.03 bits per heavy atom. The van der Waals surface area contributed by atoms with Gasteiger partial charge in [0, 0.05) is 31.3 Å². The second-order valence-corrected chi connectivity index (χ2v) is 8.80. The van der Waals surface area contributed by atoms with Crippen molar-refractivity contribution in [2.75, 3.05) is 32.1 Å². The van der Waals surface area contributed by atoms with Gasteiger partial charge in [0.25, 0.3) is 5.91 Å². The molecule has 0 bridgehead atoms. The first-order valence-electron chi connectivity index (χ1n) is 9.52. The van der Waals surface area contributed by atoms with E-state index in [1.165, 1.54) is 11.3 Å². The van der Waals surface area contributed by atoms with Crippen molar-refractivity contribution in [2.45, 2.75) is 26.8 Å². The lowest BCUT2D eigenvalue weighted by atomic mass is 10.1. The second-order valence-electron chi connectivity index (χ2n) is 7.04. The summed E-state index contributed by atoms with van der Waals surface area (Å²) in [5.41, 5.74) is 0.886. The molecule has 0 saturated carbocycles. The Kier molecular flexibility index (Phi) is 9.84. The standard InChI is InChI=1S/C20H26Cl2N4O3S/c1-13(2)6-7-23-19(27)17-12-30-18(25-17)11-26(8-9-29-3)20(28)24-14-4-5-15(21)16(22)10-14/h4-5,10,12-13H,6-9,11H2,1-3H3,(H,23,27)(H,24,28). The maximum absolute atomic E-state index is 12.7. The molecule has 0 atom stereocenters. The van der Waals surface area contributed by atoms with Crippen LogP contribution in [-0.4, -0.2) is 48.6 Å². The van der Waals surface area contributed by atoms with Crippen molar-refractivity contribution < 1.29 is 14.3 Å². The number of urea groups is 1. The van der Waals surface area contributed by atoms with Crippen LogP contribution in [0.2, 0.25) is 10.0 Å². The summed E-state index contributed by atoms with van der Waals surface area (Å²) in [6, 6.07) is 4.54. The monoisotopic (exact) mass is 472 g/mol. The number of benzene rings is 1. The first-order valence-corrected chi connectivity index (χ1v) is 11.2. The molecule has 1 heterocycles. The summed E-state index contributed by atoms with van der Waals surface area (Å²) < 4.78 is 5.11. The largest absolute Gasteiger partial charge is 0.383 e. The van der Waals surface area contributed by atoms with E-state index in [4.69, 9.17) is 27.9 Å². The van der Waals surface area contributed by atoms with Gasteiger partial charge in [-0.1, -0.05) is 37.0 Å². The number of thiazole rings is 1. The lowest BCUT2D eigenvalue weighted by Gasteiger charge is -2.22. The van der Waals surface area contributed by atoms with Crippen LogP contribution in [0.15, 0.2) is 23.6 Å². The number of amides is 3. The van der Waals surface area contributed by atoms with Crippen molar-refractivity contribution >= 4 is 52.2 Å². The molecule has 0 radical (unpaired) electrons. The van der Waals surface area contributed by atoms with Crippen LogP contribution in [0, 0.1) is 5.92 Å². The third-order valence-corrected chi connectivity index (χ3v) is 5.71. The Bertz CT molecular complexity index is 860. The third-order valence-electron chi connectivity index (χ3n) is 4.14. The molecule has 0 aliphatic heterocycles. The molecule has 2 rings (SSSR count). The molecule has 1 aromatic heterocycles. The highest BCUT2D eigenvalue weighted by Gasteiger charge is 2.18. The van der Waals surface area contributed by atoms with Gasteiger partial charge in [-0.15, -0.1) is 11.3 Å². The Morgan fingerprint density at radius 3 is 2.70 bits per heavy atom. The Morgan fingerprint density at radius 1 is 1.27 bits per heavy atom. The fourth-order valence-corrected chi connectivity index (χ4v) is 3.53. The predicted octanol–water partition coefficient (Wildman–Crippen LogP) is 4.91. The summed E-state index contributed by atoms with van der Waals surface area (Å²) in [5.74, 6) is 0.307. The van der Waals surface area contributed by atoms with Gasteiger partial charge in [0.05, 0.1) is 23.2 Å². The second kappa shape index (κ2) is 12.1. The maximum Gasteiger partial charge on any atom is 0.322 e. The highest BCUT2D eigenvalue weighted by atomic mass is 35.5. The smallest absolute Gasteiger partial charge is 0.322 e. The Labute approximate surface area is 190 Å². The van der Waals surface area contributed by atoms with E-state index in [0.717, 1.165) is 6.42 Å². The summed E-state index contributed by atoms with van der Waals surface area (Å²) in [6.45, 7) is 5.78. The van der Waals surface area contributed by atoms with E-state index in [1.807, 2.05) is 0 Å². The molecule has 0 saturated heterocycles. The number of halogens is 2. The molecule has 2 N–H and O–H groups in total. The molecule has 7 nitrogen and oxygen atoms in total. The molecular weight excluding hydrogens is 447 g/mol. The lowest BCUT2D eigenvalue weighted by Crippen LogP contribution is -2.36. The zero-order valence-corrected chi connectivity index (χ0v) is 19.5. The van der Waals surface area contributed by atoms with Crippen molar-refractivity contribution in [2.24, 2.45) is 5.92 Å². The summed E-state index contributed by atoms with van der Waals surface area (Å²) in [7, 11) is 1.57. The minimum absolute atomic E-state index is 0.207. The van der Waals surface area contributed by atoms with Crippen molar-refractivity contribution in [1.29, 1.82) is 0 Å². The Hall–Kier alpha value is -1.87. The number of nitrogens with zero attached hydrogens (tertiary/aromatic N) is 2. The average Bonchev–Trinajstić information content (AvgIpc) is 3.16. The van der Waals surface area contributed by atoms with Crippen molar-refractivity contribution in [3.63, 3.8) is 0 Å². The highest BCUT2D eigenvalue weighted by molar-refractivity contribution is 7.09. The number of ether oxygens (including phenoxy) is 1. The van der Waals surface area contributed by atoms with Crippen LogP contribution < -0.4 is 10.6 Å². The van der Waals surface area contributed by atoms with Gasteiger partial charge in [-0.05, 0) is 30.5 Å². The van der Waals surface area contributed by atoms with E-state index < -0.39 is 0 Å². The van der Waals surface area contributed by atoms with E-state index in [0.29, 0.717) is 52.0 Å². The molecule has 30 heavy (non-hydrogen) atoms. The van der Waals surface area contributed by atoms with Crippen LogP contribution in [0.3, 0.4) is 0 Å². The van der Waals surface area contributed by atoms with Gasteiger partial charge in [0.15, 0.2) is 0 Å². The first kappa shape index (κ1) is 24.4. The molecule has 10 heteroatoms. The SMILES string of the molecule is COCCN(Cc1nc(C(=O)NCCC(C)C)cs1)C(=O)Nc1ccc(Cl)c(Cl)c1. The third kappa shape index (κ3) is 7.75. The van der Waals surface area contributed by atoms with Gasteiger partial charge in [0.2, 0.25) is 0 Å². The van der Waals surface area contributed by atoms with Gasteiger partial charge in [0.1, 0.15) is 10.7 Å². The number of carbonyl (C=O) groups excluding carboxylic acids is 2. The Balaban J connectivity index is 2.01. The predicted molar refractivity (Wildman–Crippen MR) is 122 cm³/mol. The molecule has 2 aromatic rings. The molecule has 0 aliphatic carbocycles. The maximum atomic E-state index is 12.7. The molecule has 0 unspecified atom stereocenters. The molecule has 0 fully saturated rings. The lowest BCUT2D eigenvalue weighted by molar-refractivity contribution is 0.0947. The van der Waals surface area contributed by atoms with E-state index in [1.54, 1.807) is 35.6 Å². The van der Waals surface area contributed by atoms with Gasteiger partial charge in [-0.2, -0.15) is 0 Å². The highest BCUT2D eigenvalue weighted by Crippen LogP contribution is 2.25. The van der Waals surface area contributed by atoms with E-state index in [9.17, 15) is 9.59 Å².